The Labute approximate surface area is 155 Å². The van der Waals surface area contributed by atoms with Gasteiger partial charge in [0, 0.05) is 18.9 Å². The van der Waals surface area contributed by atoms with Crippen molar-refractivity contribution in [1.82, 2.24) is 20.4 Å². The summed E-state index contributed by atoms with van der Waals surface area (Å²) >= 11 is 1.35. The van der Waals surface area contributed by atoms with Gasteiger partial charge in [-0.15, -0.1) is 11.3 Å². The third-order valence-corrected chi connectivity index (χ3v) is 4.77. The topological polar surface area (TPSA) is 76.0 Å². The van der Waals surface area contributed by atoms with Crippen molar-refractivity contribution in [2.75, 3.05) is 6.54 Å². The van der Waals surface area contributed by atoms with Crippen molar-refractivity contribution >= 4 is 23.2 Å². The Hall–Kier alpha value is -2.93. The Bertz CT molecular complexity index is 842. The molecule has 3 rings (SSSR count). The molecule has 1 atom stereocenters. The predicted molar refractivity (Wildman–Crippen MR) is 102 cm³/mol. The standard InChI is InChI=1S/C19H20N4O2S/c1-14(22-19(25)17-4-2-13-26-17)18(24)20-11-9-15-5-7-16(8-6-15)23-12-3-10-21-23/h2-8,10,12-14H,9,11H2,1H3,(H,20,24)(H,22,25). The van der Waals surface area contributed by atoms with Gasteiger partial charge in [-0.1, -0.05) is 18.2 Å². The molecule has 0 aliphatic rings. The molecule has 0 aliphatic carbocycles. The Kier molecular flexibility index (Phi) is 5.80. The van der Waals surface area contributed by atoms with Gasteiger partial charge in [-0.05, 0) is 48.6 Å². The zero-order valence-electron chi connectivity index (χ0n) is 14.4. The Balaban J connectivity index is 1.43. The van der Waals surface area contributed by atoms with Crippen LogP contribution in [0.5, 0.6) is 0 Å². The first-order valence-electron chi connectivity index (χ1n) is 8.34. The van der Waals surface area contributed by atoms with Crippen LogP contribution in [-0.2, 0) is 11.2 Å². The first kappa shape index (κ1) is 17.9. The molecule has 2 amide bonds. The van der Waals surface area contributed by atoms with Crippen molar-refractivity contribution in [2.24, 2.45) is 0 Å². The fourth-order valence-corrected chi connectivity index (χ4v) is 3.09. The number of nitrogens with zero attached hydrogens (tertiary/aromatic N) is 2. The summed E-state index contributed by atoms with van der Waals surface area (Å²) in [7, 11) is 0. The summed E-state index contributed by atoms with van der Waals surface area (Å²) in [5.74, 6) is -0.417. The van der Waals surface area contributed by atoms with Crippen LogP contribution in [0.3, 0.4) is 0 Å². The molecule has 0 spiro atoms. The van der Waals surface area contributed by atoms with Gasteiger partial charge in [-0.2, -0.15) is 5.10 Å². The van der Waals surface area contributed by atoms with Gasteiger partial charge in [-0.25, -0.2) is 4.68 Å². The van der Waals surface area contributed by atoms with Gasteiger partial charge < -0.3 is 10.6 Å². The maximum absolute atomic E-state index is 12.1. The van der Waals surface area contributed by atoms with Crippen LogP contribution < -0.4 is 10.6 Å². The minimum atomic E-state index is -0.577. The third kappa shape index (κ3) is 4.58. The number of carbonyl (C=O) groups is 2. The Morgan fingerprint density at radius 1 is 1.19 bits per heavy atom. The van der Waals surface area contributed by atoms with E-state index in [-0.39, 0.29) is 11.8 Å². The monoisotopic (exact) mass is 368 g/mol. The van der Waals surface area contributed by atoms with E-state index < -0.39 is 6.04 Å². The van der Waals surface area contributed by atoms with Crippen molar-refractivity contribution in [1.29, 1.82) is 0 Å². The minimum Gasteiger partial charge on any atom is -0.354 e. The maximum Gasteiger partial charge on any atom is 0.261 e. The van der Waals surface area contributed by atoms with Gasteiger partial charge in [0.15, 0.2) is 0 Å². The number of amides is 2. The van der Waals surface area contributed by atoms with Gasteiger partial charge in [0.1, 0.15) is 6.04 Å². The van der Waals surface area contributed by atoms with Gasteiger partial charge >= 0.3 is 0 Å². The quantitative estimate of drug-likeness (QED) is 0.672. The molecule has 0 saturated heterocycles. The molecule has 2 aromatic heterocycles. The molecule has 0 saturated carbocycles. The molecule has 6 nitrogen and oxygen atoms in total. The van der Waals surface area contributed by atoms with Crippen molar-refractivity contribution in [3.05, 3.63) is 70.7 Å². The van der Waals surface area contributed by atoms with E-state index in [1.54, 1.807) is 23.9 Å². The highest BCUT2D eigenvalue weighted by atomic mass is 32.1. The summed E-state index contributed by atoms with van der Waals surface area (Å²) in [6.07, 6.45) is 4.35. The fourth-order valence-electron chi connectivity index (χ4n) is 2.46. The predicted octanol–water partition coefficient (Wildman–Crippen LogP) is 2.41. The summed E-state index contributed by atoms with van der Waals surface area (Å²) in [5.41, 5.74) is 2.11. The summed E-state index contributed by atoms with van der Waals surface area (Å²) in [4.78, 5) is 24.7. The van der Waals surface area contributed by atoms with E-state index in [2.05, 4.69) is 15.7 Å². The van der Waals surface area contributed by atoms with Crippen LogP contribution in [0, 0.1) is 0 Å². The maximum atomic E-state index is 12.1. The van der Waals surface area contributed by atoms with Crippen LogP contribution in [0.2, 0.25) is 0 Å². The van der Waals surface area contributed by atoms with Crippen molar-refractivity contribution in [3.63, 3.8) is 0 Å². The highest BCUT2D eigenvalue weighted by Crippen LogP contribution is 2.09. The average Bonchev–Trinajstić information content (AvgIpc) is 3.36. The van der Waals surface area contributed by atoms with Gasteiger partial charge in [0.05, 0.1) is 10.6 Å². The lowest BCUT2D eigenvalue weighted by Crippen LogP contribution is -2.45. The van der Waals surface area contributed by atoms with E-state index in [1.165, 1.54) is 11.3 Å². The number of rotatable bonds is 7. The normalized spacial score (nSPS) is 11.7. The van der Waals surface area contributed by atoms with E-state index in [9.17, 15) is 9.59 Å². The second-order valence-corrected chi connectivity index (χ2v) is 6.78. The van der Waals surface area contributed by atoms with Crippen LogP contribution in [0.25, 0.3) is 5.69 Å². The van der Waals surface area contributed by atoms with E-state index >= 15 is 0 Å². The molecule has 2 heterocycles. The number of thiophene rings is 1. The molecular formula is C19H20N4O2S. The average molecular weight is 368 g/mol. The number of nitrogens with one attached hydrogen (secondary N) is 2. The van der Waals surface area contributed by atoms with E-state index in [4.69, 9.17) is 0 Å². The SMILES string of the molecule is CC(NC(=O)c1cccs1)C(=O)NCCc1ccc(-n2cccn2)cc1. The largest absolute Gasteiger partial charge is 0.354 e. The van der Waals surface area contributed by atoms with Crippen molar-refractivity contribution < 1.29 is 9.59 Å². The van der Waals surface area contributed by atoms with Crippen LogP contribution in [0.1, 0.15) is 22.2 Å². The molecule has 0 fully saturated rings. The summed E-state index contributed by atoms with van der Waals surface area (Å²) < 4.78 is 1.80. The lowest BCUT2D eigenvalue weighted by molar-refractivity contribution is -0.122. The first-order valence-corrected chi connectivity index (χ1v) is 9.22. The molecule has 26 heavy (non-hydrogen) atoms. The molecule has 3 aromatic rings. The molecule has 0 bridgehead atoms. The van der Waals surface area contributed by atoms with Crippen LogP contribution in [-0.4, -0.2) is 34.2 Å². The second-order valence-electron chi connectivity index (χ2n) is 5.83. The molecule has 134 valence electrons. The van der Waals surface area contributed by atoms with Crippen LogP contribution in [0.15, 0.2) is 60.2 Å². The summed E-state index contributed by atoms with van der Waals surface area (Å²) in [6, 6.07) is 12.9. The van der Waals surface area contributed by atoms with Crippen LogP contribution in [0.4, 0.5) is 0 Å². The molecule has 7 heteroatoms. The smallest absolute Gasteiger partial charge is 0.261 e. The Morgan fingerprint density at radius 3 is 2.65 bits per heavy atom. The lowest BCUT2D eigenvalue weighted by atomic mass is 10.1. The zero-order valence-corrected chi connectivity index (χ0v) is 15.2. The van der Waals surface area contributed by atoms with Crippen LogP contribution >= 0.6 is 11.3 Å². The molecule has 0 radical (unpaired) electrons. The minimum absolute atomic E-state index is 0.192. The lowest BCUT2D eigenvalue weighted by Gasteiger charge is -2.13. The molecule has 0 aliphatic heterocycles. The van der Waals surface area contributed by atoms with E-state index in [0.717, 1.165) is 17.7 Å². The Morgan fingerprint density at radius 2 is 2.00 bits per heavy atom. The second kappa shape index (κ2) is 8.44. The molecule has 1 aromatic carbocycles. The number of hydrogen-bond acceptors (Lipinski definition) is 4. The zero-order chi connectivity index (χ0) is 18.4. The molecular weight excluding hydrogens is 348 g/mol. The molecule has 2 N–H and O–H groups in total. The van der Waals surface area contributed by atoms with Gasteiger partial charge in [0.2, 0.25) is 5.91 Å². The van der Waals surface area contributed by atoms with E-state index in [0.29, 0.717) is 11.4 Å². The fraction of sp³-hybridized carbons (Fsp3) is 0.211. The highest BCUT2D eigenvalue weighted by Gasteiger charge is 2.16. The third-order valence-electron chi connectivity index (χ3n) is 3.90. The van der Waals surface area contributed by atoms with Crippen molar-refractivity contribution in [2.45, 2.75) is 19.4 Å². The molecule has 1 unspecified atom stereocenters. The number of carbonyl (C=O) groups excluding carboxylic acids is 2. The highest BCUT2D eigenvalue weighted by molar-refractivity contribution is 7.12. The number of aromatic nitrogens is 2. The summed E-state index contributed by atoms with van der Waals surface area (Å²) in [6.45, 7) is 2.19. The van der Waals surface area contributed by atoms with Gasteiger partial charge in [-0.3, -0.25) is 9.59 Å². The number of hydrogen-bond donors (Lipinski definition) is 2. The van der Waals surface area contributed by atoms with Gasteiger partial charge in [0.25, 0.3) is 5.91 Å². The first-order chi connectivity index (χ1) is 12.6. The van der Waals surface area contributed by atoms with E-state index in [1.807, 2.05) is 48.0 Å². The van der Waals surface area contributed by atoms with Crippen molar-refractivity contribution in [3.8, 4) is 5.69 Å². The summed E-state index contributed by atoms with van der Waals surface area (Å²) in [5, 5.41) is 11.6. The number of benzene rings is 1.